The van der Waals surface area contributed by atoms with Gasteiger partial charge in [-0.3, -0.25) is 0 Å². The Hall–Kier alpha value is -1.55. The molecule has 0 saturated heterocycles. The summed E-state index contributed by atoms with van der Waals surface area (Å²) in [6.45, 7) is 4.58. The van der Waals surface area contributed by atoms with Gasteiger partial charge in [-0.1, -0.05) is 0 Å². The van der Waals surface area contributed by atoms with Crippen molar-refractivity contribution in [2.24, 2.45) is 0 Å². The molecule has 1 aromatic rings. The van der Waals surface area contributed by atoms with E-state index >= 15 is 0 Å². The molecule has 1 atom stereocenters. The van der Waals surface area contributed by atoms with E-state index < -0.39 is 5.97 Å². The van der Waals surface area contributed by atoms with Crippen molar-refractivity contribution in [2.75, 3.05) is 19.0 Å². The van der Waals surface area contributed by atoms with Crippen LogP contribution in [0, 0.1) is 6.92 Å². The molecule has 0 heterocycles. The van der Waals surface area contributed by atoms with Crippen LogP contribution in [-0.4, -0.2) is 30.8 Å². The number of aromatic carboxylic acids is 1. The molecule has 2 N–H and O–H groups in total. The Labute approximate surface area is 102 Å². The van der Waals surface area contributed by atoms with Crippen molar-refractivity contribution < 1.29 is 14.6 Å². The van der Waals surface area contributed by atoms with Gasteiger partial charge in [0.1, 0.15) is 0 Å². The summed E-state index contributed by atoms with van der Waals surface area (Å²) in [7, 11) is 1.68. The van der Waals surface area contributed by atoms with Crippen molar-refractivity contribution in [3.8, 4) is 0 Å². The van der Waals surface area contributed by atoms with Gasteiger partial charge in [-0.25, -0.2) is 4.79 Å². The monoisotopic (exact) mass is 237 g/mol. The van der Waals surface area contributed by atoms with Crippen molar-refractivity contribution >= 4 is 11.7 Å². The summed E-state index contributed by atoms with van der Waals surface area (Å²) in [4.78, 5) is 10.9. The van der Waals surface area contributed by atoms with Gasteiger partial charge in [0.25, 0.3) is 0 Å². The van der Waals surface area contributed by atoms with E-state index in [1.54, 1.807) is 26.2 Å². The Morgan fingerprint density at radius 3 is 2.76 bits per heavy atom. The molecule has 0 radical (unpaired) electrons. The highest BCUT2D eigenvalue weighted by molar-refractivity contribution is 5.89. The second-order valence-corrected chi connectivity index (χ2v) is 4.16. The van der Waals surface area contributed by atoms with E-state index in [0.29, 0.717) is 18.2 Å². The lowest BCUT2D eigenvalue weighted by molar-refractivity contribution is 0.0696. The van der Waals surface area contributed by atoms with Crippen LogP contribution in [0.2, 0.25) is 0 Å². The molecule has 0 bridgehead atoms. The average molecular weight is 237 g/mol. The topological polar surface area (TPSA) is 58.6 Å². The van der Waals surface area contributed by atoms with Gasteiger partial charge in [-0.15, -0.1) is 0 Å². The summed E-state index contributed by atoms with van der Waals surface area (Å²) in [5, 5.41) is 12.2. The van der Waals surface area contributed by atoms with E-state index in [2.05, 4.69) is 12.2 Å². The number of rotatable bonds is 6. The van der Waals surface area contributed by atoms with Gasteiger partial charge in [0.05, 0.1) is 5.56 Å². The van der Waals surface area contributed by atoms with Crippen molar-refractivity contribution in [2.45, 2.75) is 26.3 Å². The maximum atomic E-state index is 10.9. The fraction of sp³-hybridized carbons (Fsp3) is 0.462. The third-order valence-corrected chi connectivity index (χ3v) is 2.62. The van der Waals surface area contributed by atoms with Crippen LogP contribution in [0.5, 0.6) is 0 Å². The van der Waals surface area contributed by atoms with Crippen molar-refractivity contribution in [3.05, 3.63) is 29.3 Å². The minimum absolute atomic E-state index is 0.296. The molecule has 94 valence electrons. The summed E-state index contributed by atoms with van der Waals surface area (Å²) in [6.07, 6.45) is 0.913. The highest BCUT2D eigenvalue weighted by Crippen LogP contribution is 2.16. The summed E-state index contributed by atoms with van der Waals surface area (Å²) >= 11 is 0. The molecule has 1 aromatic carbocycles. The maximum Gasteiger partial charge on any atom is 0.335 e. The van der Waals surface area contributed by atoms with E-state index in [-0.39, 0.29) is 0 Å². The molecule has 4 heteroatoms. The molecule has 1 unspecified atom stereocenters. The largest absolute Gasteiger partial charge is 0.478 e. The molecular weight excluding hydrogens is 218 g/mol. The first-order valence-electron chi connectivity index (χ1n) is 5.64. The highest BCUT2D eigenvalue weighted by atomic mass is 16.5. The first kappa shape index (κ1) is 13.5. The molecule has 0 aromatic heterocycles. The Morgan fingerprint density at radius 1 is 1.53 bits per heavy atom. The zero-order chi connectivity index (χ0) is 12.8. The number of nitrogens with one attached hydrogen (secondary N) is 1. The Bertz CT molecular complexity index is 390. The first-order chi connectivity index (χ1) is 8.04. The van der Waals surface area contributed by atoms with Crippen molar-refractivity contribution in [3.63, 3.8) is 0 Å². The van der Waals surface area contributed by atoms with Crippen molar-refractivity contribution in [1.29, 1.82) is 0 Å². The lowest BCUT2D eigenvalue weighted by Gasteiger charge is -2.15. The number of anilines is 1. The molecule has 0 saturated carbocycles. The van der Waals surface area contributed by atoms with Crippen LogP contribution in [0.1, 0.15) is 29.3 Å². The third kappa shape index (κ3) is 4.07. The highest BCUT2D eigenvalue weighted by Gasteiger charge is 2.08. The molecule has 0 spiro atoms. The number of carbonyl (C=O) groups is 1. The quantitative estimate of drug-likeness (QED) is 0.798. The average Bonchev–Trinajstić information content (AvgIpc) is 2.26. The molecule has 0 aliphatic rings. The first-order valence-corrected chi connectivity index (χ1v) is 5.64. The zero-order valence-corrected chi connectivity index (χ0v) is 10.5. The number of methoxy groups -OCH3 is 1. The van der Waals surface area contributed by atoms with Gasteiger partial charge in [0.15, 0.2) is 0 Å². The molecular formula is C13H19NO3. The Balaban J connectivity index is 2.67. The van der Waals surface area contributed by atoms with Gasteiger partial charge >= 0.3 is 5.97 Å². The number of carboxylic acid groups (broad SMARTS) is 1. The Kier molecular flexibility index (Phi) is 4.97. The standard InChI is InChI=1S/C13H19NO3/c1-9-8-11(4-5-12(9)13(15)16)14-10(2)6-7-17-3/h4-5,8,10,14H,6-7H2,1-3H3,(H,15,16). The van der Waals surface area contributed by atoms with Crippen LogP contribution in [0.15, 0.2) is 18.2 Å². The second-order valence-electron chi connectivity index (χ2n) is 4.16. The van der Waals surface area contributed by atoms with Gasteiger partial charge in [-0.05, 0) is 44.0 Å². The lowest BCUT2D eigenvalue weighted by Crippen LogP contribution is -2.17. The minimum atomic E-state index is -0.888. The Morgan fingerprint density at radius 2 is 2.24 bits per heavy atom. The van der Waals surface area contributed by atoms with Gasteiger partial charge < -0.3 is 15.2 Å². The third-order valence-electron chi connectivity index (χ3n) is 2.62. The molecule has 0 aliphatic heterocycles. The molecule has 4 nitrogen and oxygen atoms in total. The number of carboxylic acids is 1. The van der Waals surface area contributed by atoms with E-state index in [4.69, 9.17) is 9.84 Å². The number of aryl methyl sites for hydroxylation is 1. The number of benzene rings is 1. The smallest absolute Gasteiger partial charge is 0.335 e. The van der Waals surface area contributed by atoms with Crippen LogP contribution >= 0.6 is 0 Å². The summed E-state index contributed by atoms with van der Waals surface area (Å²) in [6, 6.07) is 5.57. The molecule has 0 amide bonds. The van der Waals surface area contributed by atoms with Crippen LogP contribution in [0.4, 0.5) is 5.69 Å². The number of ether oxygens (including phenoxy) is 1. The van der Waals surface area contributed by atoms with Gasteiger partial charge in [0, 0.05) is 25.4 Å². The zero-order valence-electron chi connectivity index (χ0n) is 10.5. The van der Waals surface area contributed by atoms with E-state index in [9.17, 15) is 4.79 Å². The van der Waals surface area contributed by atoms with E-state index in [1.165, 1.54) is 0 Å². The number of hydrogen-bond acceptors (Lipinski definition) is 3. The minimum Gasteiger partial charge on any atom is -0.478 e. The summed E-state index contributed by atoms with van der Waals surface area (Å²) in [5.74, 6) is -0.888. The lowest BCUT2D eigenvalue weighted by atomic mass is 10.1. The molecule has 0 aliphatic carbocycles. The van der Waals surface area contributed by atoms with Crippen LogP contribution in [-0.2, 0) is 4.74 Å². The van der Waals surface area contributed by atoms with E-state index in [1.807, 2.05) is 6.07 Å². The van der Waals surface area contributed by atoms with E-state index in [0.717, 1.165) is 17.7 Å². The predicted molar refractivity (Wildman–Crippen MR) is 67.7 cm³/mol. The summed E-state index contributed by atoms with van der Waals surface area (Å²) in [5.41, 5.74) is 2.05. The predicted octanol–water partition coefficient (Wildman–Crippen LogP) is 2.53. The maximum absolute atomic E-state index is 10.9. The molecule has 1 rings (SSSR count). The van der Waals surface area contributed by atoms with Gasteiger partial charge in [0.2, 0.25) is 0 Å². The van der Waals surface area contributed by atoms with Crippen LogP contribution < -0.4 is 5.32 Å². The molecule has 17 heavy (non-hydrogen) atoms. The molecule has 0 fully saturated rings. The fourth-order valence-electron chi connectivity index (χ4n) is 1.64. The van der Waals surface area contributed by atoms with Crippen molar-refractivity contribution in [1.82, 2.24) is 0 Å². The van der Waals surface area contributed by atoms with Crippen LogP contribution in [0.3, 0.4) is 0 Å². The fourth-order valence-corrected chi connectivity index (χ4v) is 1.64. The normalized spacial score (nSPS) is 12.2. The second kappa shape index (κ2) is 6.25. The van der Waals surface area contributed by atoms with Gasteiger partial charge in [-0.2, -0.15) is 0 Å². The number of hydrogen-bond donors (Lipinski definition) is 2. The van der Waals surface area contributed by atoms with Crippen LogP contribution in [0.25, 0.3) is 0 Å². The summed E-state index contributed by atoms with van der Waals surface area (Å²) < 4.78 is 5.01. The SMILES string of the molecule is COCCC(C)Nc1ccc(C(=O)O)c(C)c1.